The Morgan fingerprint density at radius 3 is 3.19 bits per heavy atom. The lowest BCUT2D eigenvalue weighted by Crippen LogP contribution is -2.01. The number of aromatic nitrogens is 3. The van der Waals surface area contributed by atoms with Gasteiger partial charge >= 0.3 is 0 Å². The largest absolute Gasteiger partial charge is 0.469 e. The molecule has 3 aromatic rings. The summed E-state index contributed by atoms with van der Waals surface area (Å²) < 4.78 is 7.09. The van der Waals surface area contributed by atoms with Crippen LogP contribution in [0.25, 0.3) is 5.65 Å². The highest BCUT2D eigenvalue weighted by atomic mass is 16.3. The zero-order chi connectivity index (χ0) is 11.0. The number of fused-ring (bicyclic) bond motifs is 1. The molecular weight excluding hydrogens is 206 g/mol. The maximum absolute atomic E-state index is 11.1. The van der Waals surface area contributed by atoms with E-state index >= 15 is 0 Å². The summed E-state index contributed by atoms with van der Waals surface area (Å²) in [6, 6.07) is 6.75. The second-order valence-electron chi connectivity index (χ2n) is 3.51. The lowest BCUT2D eigenvalue weighted by atomic mass is 10.3. The van der Waals surface area contributed by atoms with Gasteiger partial charge in [-0.25, -0.2) is 0 Å². The van der Waals surface area contributed by atoms with Crippen molar-refractivity contribution >= 4 is 5.65 Å². The molecule has 0 aromatic carbocycles. The summed E-state index contributed by atoms with van der Waals surface area (Å²) in [4.78, 5) is 11.1. The fourth-order valence-electron chi connectivity index (χ4n) is 1.66. The number of nitrogens with zero attached hydrogens (tertiary/aromatic N) is 2. The van der Waals surface area contributed by atoms with E-state index in [-0.39, 0.29) is 5.43 Å². The Morgan fingerprint density at radius 1 is 1.44 bits per heavy atom. The molecule has 3 aromatic heterocycles. The molecule has 0 aliphatic rings. The molecule has 16 heavy (non-hydrogen) atoms. The summed E-state index contributed by atoms with van der Waals surface area (Å²) in [6.07, 6.45) is 3.93. The van der Waals surface area contributed by atoms with E-state index in [1.165, 1.54) is 12.1 Å². The van der Waals surface area contributed by atoms with Gasteiger partial charge in [-0.2, -0.15) is 5.10 Å². The summed E-state index contributed by atoms with van der Waals surface area (Å²) in [6.45, 7) is 0. The van der Waals surface area contributed by atoms with Crippen LogP contribution >= 0.6 is 0 Å². The van der Waals surface area contributed by atoms with Crippen LogP contribution in [0.4, 0.5) is 0 Å². The van der Waals surface area contributed by atoms with Crippen LogP contribution in [0.3, 0.4) is 0 Å². The number of hydrogen-bond acceptors (Lipinski definition) is 3. The fourth-order valence-corrected chi connectivity index (χ4v) is 1.66. The highest BCUT2D eigenvalue weighted by molar-refractivity contribution is 5.37. The predicted octanol–water partition coefficient (Wildman–Crippen LogP) is 1.21. The van der Waals surface area contributed by atoms with Crippen molar-refractivity contribution in [2.75, 3.05) is 0 Å². The third-order valence-electron chi connectivity index (χ3n) is 2.42. The van der Waals surface area contributed by atoms with Gasteiger partial charge < -0.3 is 4.42 Å². The molecule has 0 saturated heterocycles. The molecule has 0 amide bonds. The Kier molecular flexibility index (Phi) is 1.89. The van der Waals surface area contributed by atoms with Crippen molar-refractivity contribution in [3.63, 3.8) is 0 Å². The maximum atomic E-state index is 11.1. The summed E-state index contributed by atoms with van der Waals surface area (Å²) in [5.74, 6) is 1.65. The average molecular weight is 215 g/mol. The number of hydrogen-bond donors (Lipinski definition) is 1. The van der Waals surface area contributed by atoms with E-state index in [9.17, 15) is 4.79 Å². The summed E-state index contributed by atoms with van der Waals surface area (Å²) in [5.41, 5.74) is 0.655. The molecule has 5 nitrogen and oxygen atoms in total. The molecule has 0 bridgehead atoms. The van der Waals surface area contributed by atoms with E-state index < -0.39 is 0 Å². The van der Waals surface area contributed by atoms with Crippen LogP contribution in [0.15, 0.2) is 45.9 Å². The lowest BCUT2D eigenvalue weighted by molar-refractivity contribution is 0.516. The molecule has 0 aliphatic heterocycles. The average Bonchev–Trinajstić information content (AvgIpc) is 2.89. The van der Waals surface area contributed by atoms with Gasteiger partial charge in [0.2, 0.25) is 0 Å². The number of nitrogens with one attached hydrogen (secondary N) is 1. The quantitative estimate of drug-likeness (QED) is 0.698. The number of rotatable bonds is 2. The maximum Gasteiger partial charge on any atom is 0.183 e. The van der Waals surface area contributed by atoms with E-state index in [4.69, 9.17) is 4.42 Å². The first-order chi connectivity index (χ1) is 7.83. The first kappa shape index (κ1) is 8.96. The highest BCUT2D eigenvalue weighted by Gasteiger charge is 2.06. The van der Waals surface area contributed by atoms with Gasteiger partial charge in [-0.3, -0.25) is 14.3 Å². The van der Waals surface area contributed by atoms with Crippen molar-refractivity contribution in [2.45, 2.75) is 6.42 Å². The molecule has 1 N–H and O–H groups in total. The normalized spacial score (nSPS) is 11.0. The second kappa shape index (κ2) is 3.37. The van der Waals surface area contributed by atoms with Crippen LogP contribution in [-0.4, -0.2) is 14.6 Å². The van der Waals surface area contributed by atoms with Gasteiger partial charge in [0.05, 0.1) is 12.7 Å². The van der Waals surface area contributed by atoms with Crippen molar-refractivity contribution in [1.29, 1.82) is 0 Å². The second-order valence-corrected chi connectivity index (χ2v) is 3.51. The Labute approximate surface area is 90.3 Å². The van der Waals surface area contributed by atoms with Crippen molar-refractivity contribution in [3.8, 4) is 0 Å². The van der Waals surface area contributed by atoms with Crippen LogP contribution in [0.5, 0.6) is 0 Å². The molecule has 3 rings (SSSR count). The first-order valence-electron chi connectivity index (χ1n) is 4.91. The van der Waals surface area contributed by atoms with Crippen LogP contribution in [0, 0.1) is 0 Å². The third kappa shape index (κ3) is 1.42. The minimum atomic E-state index is -0.0341. The molecule has 0 saturated carbocycles. The third-order valence-corrected chi connectivity index (χ3v) is 2.42. The van der Waals surface area contributed by atoms with Crippen LogP contribution in [0.2, 0.25) is 0 Å². The summed E-state index contributed by atoms with van der Waals surface area (Å²) >= 11 is 0. The van der Waals surface area contributed by atoms with Crippen LogP contribution in [0.1, 0.15) is 11.6 Å². The van der Waals surface area contributed by atoms with Gasteiger partial charge in [0, 0.05) is 18.3 Å². The molecule has 0 radical (unpaired) electrons. The van der Waals surface area contributed by atoms with Crippen LogP contribution < -0.4 is 5.43 Å². The number of aromatic amines is 1. The van der Waals surface area contributed by atoms with Crippen molar-refractivity contribution in [2.24, 2.45) is 0 Å². The van der Waals surface area contributed by atoms with E-state index in [0.717, 1.165) is 11.6 Å². The zero-order valence-corrected chi connectivity index (χ0v) is 8.38. The standard InChI is InChI=1S/C11H9N3O2/c15-8-3-4-14-10(6-8)12-13-11(14)7-9-2-1-5-16-9/h1-6,12H,7H2. The topological polar surface area (TPSA) is 63.3 Å². The molecule has 0 aliphatic carbocycles. The van der Waals surface area contributed by atoms with Gasteiger partial charge in [-0.15, -0.1) is 0 Å². The Bertz CT molecular complexity index is 664. The van der Waals surface area contributed by atoms with E-state index in [1.54, 1.807) is 12.5 Å². The Hall–Kier alpha value is -2.30. The smallest absolute Gasteiger partial charge is 0.183 e. The molecule has 0 unspecified atom stereocenters. The molecular formula is C11H9N3O2. The molecule has 0 fully saturated rings. The van der Waals surface area contributed by atoms with Gasteiger partial charge in [0.15, 0.2) is 5.43 Å². The summed E-state index contributed by atoms with van der Waals surface area (Å²) in [5, 5.41) is 6.96. The number of furan rings is 1. The molecule has 80 valence electrons. The van der Waals surface area contributed by atoms with Gasteiger partial charge in [0.1, 0.15) is 17.2 Å². The minimum absolute atomic E-state index is 0.0341. The first-order valence-corrected chi connectivity index (χ1v) is 4.91. The van der Waals surface area contributed by atoms with E-state index in [0.29, 0.717) is 12.1 Å². The van der Waals surface area contributed by atoms with Crippen molar-refractivity contribution in [1.82, 2.24) is 14.6 Å². The highest BCUT2D eigenvalue weighted by Crippen LogP contribution is 2.08. The van der Waals surface area contributed by atoms with Gasteiger partial charge in [-0.1, -0.05) is 0 Å². The van der Waals surface area contributed by atoms with Gasteiger partial charge in [0.25, 0.3) is 0 Å². The van der Waals surface area contributed by atoms with Crippen molar-refractivity contribution in [3.05, 3.63) is 58.5 Å². The predicted molar refractivity (Wildman–Crippen MR) is 57.3 cm³/mol. The van der Waals surface area contributed by atoms with E-state index in [2.05, 4.69) is 10.2 Å². The molecule has 0 atom stereocenters. The molecule has 0 spiro atoms. The Balaban J connectivity index is 2.08. The van der Waals surface area contributed by atoms with Gasteiger partial charge in [-0.05, 0) is 12.1 Å². The summed E-state index contributed by atoms with van der Waals surface area (Å²) in [7, 11) is 0. The van der Waals surface area contributed by atoms with Crippen LogP contribution in [-0.2, 0) is 6.42 Å². The SMILES string of the molecule is O=c1ccn2c(Cc3ccco3)n[nH]c2c1. The fraction of sp³-hybridized carbons (Fsp3) is 0.0909. The lowest BCUT2D eigenvalue weighted by Gasteiger charge is -1.96. The van der Waals surface area contributed by atoms with Crippen molar-refractivity contribution < 1.29 is 4.42 Å². The zero-order valence-electron chi connectivity index (χ0n) is 8.38. The monoisotopic (exact) mass is 215 g/mol. The number of pyridine rings is 1. The Morgan fingerprint density at radius 2 is 2.38 bits per heavy atom. The molecule has 3 heterocycles. The number of H-pyrrole nitrogens is 1. The van der Waals surface area contributed by atoms with E-state index in [1.807, 2.05) is 16.5 Å². The molecule has 5 heteroatoms. The minimum Gasteiger partial charge on any atom is -0.469 e.